The molecule has 3 nitrogen and oxygen atoms in total. The van der Waals surface area contributed by atoms with Gasteiger partial charge in [0.05, 0.1) is 12.5 Å². The smallest absolute Gasteiger partial charge is 0.235 e. The Morgan fingerprint density at radius 3 is 2.62 bits per heavy atom. The first-order valence-electron chi connectivity index (χ1n) is 6.86. The Kier molecular flexibility index (Phi) is 3.60. The lowest BCUT2D eigenvalue weighted by Gasteiger charge is -2.16. The van der Waals surface area contributed by atoms with Crippen molar-refractivity contribution in [3.8, 4) is 5.75 Å². The zero-order valence-electron chi connectivity index (χ0n) is 11.7. The van der Waals surface area contributed by atoms with Crippen LogP contribution in [0, 0.1) is 0 Å². The molecule has 1 saturated carbocycles. The van der Waals surface area contributed by atoms with Crippen LogP contribution in [0.3, 0.4) is 0 Å². The Balaban J connectivity index is 1.82. The molecule has 0 saturated heterocycles. The quantitative estimate of drug-likeness (QED) is 0.926. The van der Waals surface area contributed by atoms with Gasteiger partial charge in [0.2, 0.25) is 5.91 Å². The molecule has 108 valence electrons. The van der Waals surface area contributed by atoms with Crippen LogP contribution in [0.5, 0.6) is 5.75 Å². The third-order valence-corrected chi connectivity index (χ3v) is 4.12. The van der Waals surface area contributed by atoms with Gasteiger partial charge in [-0.3, -0.25) is 4.79 Å². The summed E-state index contributed by atoms with van der Waals surface area (Å²) in [4.78, 5) is 12.6. The second-order valence-electron chi connectivity index (χ2n) is 5.28. The van der Waals surface area contributed by atoms with Crippen LogP contribution in [0.2, 0.25) is 5.02 Å². The fourth-order valence-corrected chi connectivity index (χ4v) is 2.70. The van der Waals surface area contributed by atoms with Crippen LogP contribution < -0.4 is 10.1 Å². The Labute approximate surface area is 128 Å². The zero-order valence-corrected chi connectivity index (χ0v) is 12.5. The van der Waals surface area contributed by atoms with E-state index < -0.39 is 5.41 Å². The summed E-state index contributed by atoms with van der Waals surface area (Å²) in [5.41, 5.74) is 1.29. The summed E-state index contributed by atoms with van der Waals surface area (Å²) in [5.74, 6) is 0.735. The van der Waals surface area contributed by atoms with Crippen molar-refractivity contribution in [3.05, 3.63) is 59.1 Å². The van der Waals surface area contributed by atoms with Crippen LogP contribution in [0.25, 0.3) is 0 Å². The van der Waals surface area contributed by atoms with E-state index in [4.69, 9.17) is 16.3 Å². The van der Waals surface area contributed by atoms with Crippen LogP contribution in [-0.2, 0) is 10.2 Å². The van der Waals surface area contributed by atoms with Crippen LogP contribution in [0.15, 0.2) is 48.5 Å². The first kappa shape index (κ1) is 14.0. The topological polar surface area (TPSA) is 38.3 Å². The van der Waals surface area contributed by atoms with Gasteiger partial charge in [-0.1, -0.05) is 29.8 Å². The molecule has 1 aliphatic rings. The number of rotatable bonds is 4. The maximum absolute atomic E-state index is 12.6. The Morgan fingerprint density at radius 1 is 1.19 bits per heavy atom. The minimum atomic E-state index is -0.437. The zero-order chi connectivity index (χ0) is 14.9. The number of benzene rings is 2. The van der Waals surface area contributed by atoms with Gasteiger partial charge in [0, 0.05) is 16.8 Å². The van der Waals surface area contributed by atoms with Crippen LogP contribution in [0.4, 0.5) is 5.69 Å². The predicted octanol–water partition coefficient (Wildman–Crippen LogP) is 4.02. The summed E-state index contributed by atoms with van der Waals surface area (Å²) in [7, 11) is 1.61. The SMILES string of the molecule is COc1cccc(NC(=O)C2(c3cccc(Cl)c3)CC2)c1. The Bertz CT molecular complexity index is 680. The molecule has 3 rings (SSSR count). The molecule has 0 aliphatic heterocycles. The summed E-state index contributed by atoms with van der Waals surface area (Å²) in [6, 6.07) is 14.9. The van der Waals surface area contributed by atoms with Gasteiger partial charge in [0.15, 0.2) is 0 Å². The highest BCUT2D eigenvalue weighted by molar-refractivity contribution is 6.30. The molecule has 0 atom stereocenters. The molecular weight excluding hydrogens is 286 g/mol. The van der Waals surface area contributed by atoms with Gasteiger partial charge in [-0.15, -0.1) is 0 Å². The Morgan fingerprint density at radius 2 is 1.95 bits per heavy atom. The summed E-state index contributed by atoms with van der Waals surface area (Å²) in [5, 5.41) is 3.64. The predicted molar refractivity (Wildman–Crippen MR) is 84.0 cm³/mol. The number of nitrogens with one attached hydrogen (secondary N) is 1. The van der Waals surface area contributed by atoms with E-state index in [0.717, 1.165) is 29.8 Å². The molecule has 1 N–H and O–H groups in total. The fraction of sp³-hybridized carbons (Fsp3) is 0.235. The van der Waals surface area contributed by atoms with Gasteiger partial charge in [0.1, 0.15) is 5.75 Å². The average Bonchev–Trinajstić information content (AvgIpc) is 3.29. The van der Waals surface area contributed by atoms with Crippen LogP contribution >= 0.6 is 11.6 Å². The van der Waals surface area contributed by atoms with Gasteiger partial charge < -0.3 is 10.1 Å². The number of hydrogen-bond donors (Lipinski definition) is 1. The van der Waals surface area contributed by atoms with Crippen molar-refractivity contribution in [1.82, 2.24) is 0 Å². The highest BCUT2D eigenvalue weighted by Gasteiger charge is 2.51. The van der Waals surface area contributed by atoms with Crippen LogP contribution in [0.1, 0.15) is 18.4 Å². The molecule has 0 heterocycles. The van der Waals surface area contributed by atoms with E-state index in [9.17, 15) is 4.79 Å². The molecule has 0 bridgehead atoms. The van der Waals surface area contributed by atoms with E-state index in [0.29, 0.717) is 5.02 Å². The molecule has 2 aromatic carbocycles. The average molecular weight is 302 g/mol. The number of halogens is 1. The number of carbonyl (C=O) groups excluding carboxylic acids is 1. The van der Waals surface area contributed by atoms with E-state index in [1.807, 2.05) is 48.5 Å². The fourth-order valence-electron chi connectivity index (χ4n) is 2.51. The summed E-state index contributed by atoms with van der Waals surface area (Å²) in [6.45, 7) is 0. The van der Waals surface area contributed by atoms with Crippen molar-refractivity contribution in [2.75, 3.05) is 12.4 Å². The van der Waals surface area contributed by atoms with E-state index >= 15 is 0 Å². The van der Waals surface area contributed by atoms with Crippen molar-refractivity contribution in [1.29, 1.82) is 0 Å². The molecule has 0 unspecified atom stereocenters. The second-order valence-corrected chi connectivity index (χ2v) is 5.71. The lowest BCUT2D eigenvalue weighted by molar-refractivity contribution is -0.118. The summed E-state index contributed by atoms with van der Waals surface area (Å²) < 4.78 is 5.17. The van der Waals surface area contributed by atoms with E-state index in [2.05, 4.69) is 5.32 Å². The molecular formula is C17H16ClNO2. The molecule has 1 aliphatic carbocycles. The van der Waals surface area contributed by atoms with Gasteiger partial charge in [-0.25, -0.2) is 0 Å². The molecule has 4 heteroatoms. The van der Waals surface area contributed by atoms with Crippen molar-refractivity contribution in [2.45, 2.75) is 18.3 Å². The molecule has 0 aromatic heterocycles. The lowest BCUT2D eigenvalue weighted by atomic mass is 9.95. The monoisotopic (exact) mass is 301 g/mol. The van der Waals surface area contributed by atoms with Gasteiger partial charge in [-0.05, 0) is 42.7 Å². The third-order valence-electron chi connectivity index (χ3n) is 3.89. The molecule has 0 spiro atoms. The molecule has 21 heavy (non-hydrogen) atoms. The maximum Gasteiger partial charge on any atom is 0.235 e. The second kappa shape index (κ2) is 5.41. The maximum atomic E-state index is 12.6. The van der Waals surface area contributed by atoms with Gasteiger partial charge >= 0.3 is 0 Å². The molecule has 1 amide bonds. The number of hydrogen-bond acceptors (Lipinski definition) is 2. The lowest BCUT2D eigenvalue weighted by Crippen LogP contribution is -2.27. The normalized spacial score (nSPS) is 15.3. The van der Waals surface area contributed by atoms with Crippen molar-refractivity contribution >= 4 is 23.2 Å². The number of methoxy groups -OCH3 is 1. The molecule has 0 radical (unpaired) electrons. The minimum Gasteiger partial charge on any atom is -0.497 e. The highest BCUT2D eigenvalue weighted by atomic mass is 35.5. The van der Waals surface area contributed by atoms with Gasteiger partial charge in [0.25, 0.3) is 0 Å². The van der Waals surface area contributed by atoms with Gasteiger partial charge in [-0.2, -0.15) is 0 Å². The van der Waals surface area contributed by atoms with E-state index in [-0.39, 0.29) is 5.91 Å². The molecule has 2 aromatic rings. The van der Waals surface area contributed by atoms with E-state index in [1.54, 1.807) is 7.11 Å². The summed E-state index contributed by atoms with van der Waals surface area (Å²) >= 11 is 6.03. The minimum absolute atomic E-state index is 0.0121. The number of amides is 1. The number of ether oxygens (including phenoxy) is 1. The largest absolute Gasteiger partial charge is 0.497 e. The number of anilines is 1. The van der Waals surface area contributed by atoms with Crippen LogP contribution in [-0.4, -0.2) is 13.0 Å². The number of carbonyl (C=O) groups is 1. The first-order chi connectivity index (χ1) is 10.1. The Hall–Kier alpha value is -2.00. The van der Waals surface area contributed by atoms with Crippen molar-refractivity contribution in [3.63, 3.8) is 0 Å². The first-order valence-corrected chi connectivity index (χ1v) is 7.23. The van der Waals surface area contributed by atoms with E-state index in [1.165, 1.54) is 0 Å². The highest BCUT2D eigenvalue weighted by Crippen LogP contribution is 2.49. The summed E-state index contributed by atoms with van der Waals surface area (Å²) in [6.07, 6.45) is 1.70. The molecule has 1 fully saturated rings. The van der Waals surface area contributed by atoms with Crippen molar-refractivity contribution in [2.24, 2.45) is 0 Å². The third kappa shape index (κ3) is 2.74. The van der Waals surface area contributed by atoms with Crippen molar-refractivity contribution < 1.29 is 9.53 Å². The standard InChI is InChI=1S/C17H16ClNO2/c1-21-15-7-3-6-14(11-15)19-16(20)17(8-9-17)12-4-2-5-13(18)10-12/h2-7,10-11H,8-9H2,1H3,(H,19,20).